The first-order valence-electron chi connectivity index (χ1n) is 8.87. The number of esters is 1. The normalized spacial score (nSPS) is 11.0. The van der Waals surface area contributed by atoms with Crippen LogP contribution in [0.5, 0.6) is 0 Å². The highest BCUT2D eigenvalue weighted by Crippen LogP contribution is 2.24. The highest BCUT2D eigenvalue weighted by atomic mass is 16.5. The van der Waals surface area contributed by atoms with Gasteiger partial charge in [-0.2, -0.15) is 0 Å². The molecule has 4 aromatic rings. The van der Waals surface area contributed by atoms with Gasteiger partial charge in [-0.3, -0.25) is 9.36 Å². The molecule has 4 heteroatoms. The van der Waals surface area contributed by atoms with Gasteiger partial charge in [0.05, 0.1) is 18.2 Å². The molecule has 0 bridgehead atoms. The van der Waals surface area contributed by atoms with Gasteiger partial charge in [0.15, 0.2) is 0 Å². The summed E-state index contributed by atoms with van der Waals surface area (Å²) in [7, 11) is 1.34. The highest BCUT2D eigenvalue weighted by molar-refractivity contribution is 6.07. The number of carbonyl (C=O) groups is 2. The number of fused-ring (bicyclic) bond motifs is 2. The van der Waals surface area contributed by atoms with Crippen molar-refractivity contribution in [2.24, 2.45) is 0 Å². The molecule has 0 N–H and O–H groups in total. The molecule has 1 aromatic heterocycles. The van der Waals surface area contributed by atoms with Crippen molar-refractivity contribution < 1.29 is 14.3 Å². The second-order valence-electron chi connectivity index (χ2n) is 6.45. The molecule has 0 fully saturated rings. The van der Waals surface area contributed by atoms with Crippen LogP contribution in [0.15, 0.2) is 72.9 Å². The highest BCUT2D eigenvalue weighted by Gasteiger charge is 2.18. The largest absolute Gasteiger partial charge is 0.465 e. The molecular weight excluding hydrogens is 338 g/mol. The molecular formula is C23H19NO3. The summed E-state index contributed by atoms with van der Waals surface area (Å²) in [6.07, 6.45) is 2.58. The summed E-state index contributed by atoms with van der Waals surface area (Å²) in [6, 6.07) is 21.7. The van der Waals surface area contributed by atoms with Gasteiger partial charge in [0.2, 0.25) is 5.91 Å². The lowest BCUT2D eigenvalue weighted by atomic mass is 10.0. The Hall–Kier alpha value is -3.40. The predicted molar refractivity (Wildman–Crippen MR) is 106 cm³/mol. The molecule has 0 spiro atoms. The van der Waals surface area contributed by atoms with E-state index in [9.17, 15) is 9.59 Å². The van der Waals surface area contributed by atoms with Gasteiger partial charge in [0.25, 0.3) is 0 Å². The molecule has 0 aliphatic carbocycles. The Balaban J connectivity index is 1.65. The van der Waals surface area contributed by atoms with Crippen molar-refractivity contribution in [1.29, 1.82) is 0 Å². The molecule has 4 nitrogen and oxygen atoms in total. The van der Waals surface area contributed by atoms with Gasteiger partial charge in [0.1, 0.15) is 0 Å². The van der Waals surface area contributed by atoms with E-state index >= 15 is 0 Å². The predicted octanol–water partition coefficient (Wildman–Crippen LogP) is 4.85. The van der Waals surface area contributed by atoms with Crippen LogP contribution in [0.25, 0.3) is 21.7 Å². The molecule has 0 aliphatic heterocycles. The molecule has 27 heavy (non-hydrogen) atoms. The average molecular weight is 357 g/mol. The van der Waals surface area contributed by atoms with Crippen LogP contribution in [0.2, 0.25) is 0 Å². The summed E-state index contributed by atoms with van der Waals surface area (Å²) in [5.74, 6) is -0.485. The van der Waals surface area contributed by atoms with Crippen LogP contribution in [-0.2, 0) is 11.2 Å². The van der Waals surface area contributed by atoms with E-state index in [2.05, 4.69) is 24.3 Å². The fourth-order valence-electron chi connectivity index (χ4n) is 3.53. The molecule has 0 unspecified atom stereocenters. The first-order chi connectivity index (χ1) is 13.2. The second kappa shape index (κ2) is 7.08. The fraction of sp³-hybridized carbons (Fsp3) is 0.130. The van der Waals surface area contributed by atoms with Crippen molar-refractivity contribution in [3.63, 3.8) is 0 Å². The van der Waals surface area contributed by atoms with E-state index in [4.69, 9.17) is 4.74 Å². The minimum Gasteiger partial charge on any atom is -0.465 e. The Morgan fingerprint density at radius 3 is 2.41 bits per heavy atom. The molecule has 0 saturated heterocycles. The number of ether oxygens (including phenoxy) is 1. The Morgan fingerprint density at radius 2 is 1.59 bits per heavy atom. The van der Waals surface area contributed by atoms with Gasteiger partial charge in [-0.25, -0.2) is 4.79 Å². The number of rotatable bonds is 4. The van der Waals surface area contributed by atoms with E-state index in [1.807, 2.05) is 42.5 Å². The molecule has 0 aliphatic rings. The third kappa shape index (κ3) is 3.10. The summed E-state index contributed by atoms with van der Waals surface area (Å²) in [5, 5.41) is 3.06. The maximum absolute atomic E-state index is 12.9. The van der Waals surface area contributed by atoms with E-state index < -0.39 is 5.97 Å². The van der Waals surface area contributed by atoms with Crippen molar-refractivity contribution in [2.45, 2.75) is 12.8 Å². The lowest BCUT2D eigenvalue weighted by Crippen LogP contribution is -2.10. The zero-order valence-electron chi connectivity index (χ0n) is 15.0. The molecule has 0 saturated carbocycles. The van der Waals surface area contributed by atoms with Crippen molar-refractivity contribution in [3.8, 4) is 0 Å². The molecule has 3 aromatic carbocycles. The van der Waals surface area contributed by atoms with Gasteiger partial charge < -0.3 is 4.74 Å². The third-order valence-corrected chi connectivity index (χ3v) is 4.87. The minimum atomic E-state index is -0.438. The average Bonchev–Trinajstić information content (AvgIpc) is 3.11. The van der Waals surface area contributed by atoms with Crippen LogP contribution in [0.4, 0.5) is 0 Å². The number of hydrogen-bond acceptors (Lipinski definition) is 3. The van der Waals surface area contributed by atoms with E-state index in [0.717, 1.165) is 16.5 Å². The molecule has 0 radical (unpaired) electrons. The van der Waals surface area contributed by atoms with Crippen LogP contribution in [0, 0.1) is 0 Å². The summed E-state index contributed by atoms with van der Waals surface area (Å²) < 4.78 is 6.41. The number of benzene rings is 3. The van der Waals surface area contributed by atoms with E-state index in [1.165, 1.54) is 17.9 Å². The number of carbonyl (C=O) groups excluding carboxylic acids is 2. The van der Waals surface area contributed by atoms with E-state index in [1.54, 1.807) is 10.8 Å². The number of hydrogen-bond donors (Lipinski definition) is 0. The van der Waals surface area contributed by atoms with Crippen LogP contribution in [0.3, 0.4) is 0 Å². The monoisotopic (exact) mass is 357 g/mol. The maximum atomic E-state index is 12.9. The Kier molecular flexibility index (Phi) is 4.47. The van der Waals surface area contributed by atoms with Crippen LogP contribution < -0.4 is 0 Å². The van der Waals surface area contributed by atoms with Gasteiger partial charge in [0, 0.05) is 18.0 Å². The van der Waals surface area contributed by atoms with Crippen molar-refractivity contribution in [2.75, 3.05) is 7.11 Å². The van der Waals surface area contributed by atoms with Gasteiger partial charge in [-0.05, 0) is 28.8 Å². The molecule has 4 rings (SSSR count). The minimum absolute atomic E-state index is 0.0470. The number of aryl methyl sites for hydroxylation is 1. The second-order valence-corrected chi connectivity index (χ2v) is 6.45. The molecule has 134 valence electrons. The Labute approximate surface area is 157 Å². The van der Waals surface area contributed by atoms with Crippen LogP contribution in [-0.4, -0.2) is 23.6 Å². The zero-order valence-corrected chi connectivity index (χ0v) is 15.0. The standard InChI is InChI=1S/C23H19NO3/c1-27-23(26)20-15-24(21-12-5-4-11-19(20)21)22(25)14-13-17-9-6-8-16-7-2-3-10-18(16)17/h2-12,15H,13-14H2,1H3. The van der Waals surface area contributed by atoms with E-state index in [-0.39, 0.29) is 5.91 Å². The molecule has 0 atom stereocenters. The SMILES string of the molecule is COC(=O)c1cn(C(=O)CCc2cccc3ccccc23)c2ccccc12. The number of methoxy groups -OCH3 is 1. The summed E-state index contributed by atoms with van der Waals surface area (Å²) in [5.41, 5.74) is 2.28. The maximum Gasteiger partial charge on any atom is 0.340 e. The first-order valence-corrected chi connectivity index (χ1v) is 8.87. The summed E-state index contributed by atoms with van der Waals surface area (Å²) in [4.78, 5) is 24.9. The first kappa shape index (κ1) is 17.0. The number of aromatic nitrogens is 1. The summed E-state index contributed by atoms with van der Waals surface area (Å²) in [6.45, 7) is 0. The van der Waals surface area contributed by atoms with Gasteiger partial charge in [-0.1, -0.05) is 60.7 Å². The van der Waals surface area contributed by atoms with Crippen LogP contribution in [0.1, 0.15) is 27.1 Å². The fourth-order valence-corrected chi connectivity index (χ4v) is 3.53. The molecule has 1 heterocycles. The smallest absolute Gasteiger partial charge is 0.340 e. The van der Waals surface area contributed by atoms with Gasteiger partial charge >= 0.3 is 5.97 Å². The third-order valence-electron chi connectivity index (χ3n) is 4.87. The van der Waals surface area contributed by atoms with Crippen molar-refractivity contribution in [3.05, 3.63) is 84.1 Å². The topological polar surface area (TPSA) is 48.3 Å². The number of nitrogens with zero attached hydrogens (tertiary/aromatic N) is 1. The quantitative estimate of drug-likeness (QED) is 0.490. The number of para-hydroxylation sites is 1. The van der Waals surface area contributed by atoms with Gasteiger partial charge in [-0.15, -0.1) is 0 Å². The Morgan fingerprint density at radius 1 is 0.889 bits per heavy atom. The van der Waals surface area contributed by atoms with E-state index in [0.29, 0.717) is 18.4 Å². The molecule has 0 amide bonds. The van der Waals surface area contributed by atoms with Crippen molar-refractivity contribution in [1.82, 2.24) is 4.57 Å². The summed E-state index contributed by atoms with van der Waals surface area (Å²) >= 11 is 0. The van der Waals surface area contributed by atoms with Crippen LogP contribution >= 0.6 is 0 Å². The van der Waals surface area contributed by atoms with Crippen molar-refractivity contribution >= 4 is 33.6 Å². The lowest BCUT2D eigenvalue weighted by molar-refractivity contribution is 0.0603. The zero-order chi connectivity index (χ0) is 18.8. The lowest BCUT2D eigenvalue weighted by Gasteiger charge is -2.07. The Bertz CT molecular complexity index is 1150.